The van der Waals surface area contributed by atoms with Gasteiger partial charge in [0.25, 0.3) is 0 Å². The number of likely N-dealkylation sites (N-methyl/N-ethyl adjacent to an activating group) is 1. The number of fused-ring (bicyclic) bond motifs is 2. The largest absolute Gasteiger partial charge is 0.371 e. The second-order valence-corrected chi connectivity index (χ2v) is 17.6. The first-order chi connectivity index (χ1) is 27.3. The van der Waals surface area contributed by atoms with Gasteiger partial charge in [-0.25, -0.2) is 0 Å². The SMILES string of the molecule is Cc1cc(N(C)C[C@@H](C)N2c3c(ccc(Cl)c3-c3c(C)nn(CCN4CCCC4)c3C)C(CCCCc3cc(C)c(Cl)c(C)c3)C2C=O)c2c(c1)cc(C=O)n2C. The number of aryl methyl sites for hydroxylation is 6. The van der Waals surface area contributed by atoms with Crippen LogP contribution in [-0.4, -0.2) is 77.1 Å². The van der Waals surface area contributed by atoms with Gasteiger partial charge in [-0.05, 0) is 139 Å². The molecule has 10 heteroatoms. The van der Waals surface area contributed by atoms with Crippen LogP contribution in [0.15, 0.2) is 42.5 Å². The van der Waals surface area contributed by atoms with E-state index < -0.39 is 0 Å². The van der Waals surface area contributed by atoms with Crippen molar-refractivity contribution in [3.63, 3.8) is 0 Å². The third-order valence-corrected chi connectivity index (χ3v) is 13.6. The summed E-state index contributed by atoms with van der Waals surface area (Å²) >= 11 is 13.8. The van der Waals surface area contributed by atoms with Crippen LogP contribution >= 0.6 is 23.2 Å². The number of anilines is 2. The Morgan fingerprint density at radius 3 is 2.33 bits per heavy atom. The van der Waals surface area contributed by atoms with Gasteiger partial charge in [0.1, 0.15) is 6.29 Å². The third kappa shape index (κ3) is 7.90. The fraction of sp³-hybridized carbons (Fsp3) is 0.468. The van der Waals surface area contributed by atoms with Crippen molar-refractivity contribution in [2.75, 3.05) is 43.0 Å². The van der Waals surface area contributed by atoms with E-state index in [2.05, 4.69) is 98.3 Å². The Hall–Kier alpha value is -4.11. The van der Waals surface area contributed by atoms with E-state index >= 15 is 0 Å². The molecule has 0 aliphatic carbocycles. The van der Waals surface area contributed by atoms with Crippen LogP contribution in [0.1, 0.15) is 94.6 Å². The third-order valence-electron chi connectivity index (χ3n) is 12.7. The maximum atomic E-state index is 13.5. The molecule has 4 heterocycles. The maximum Gasteiger partial charge on any atom is 0.166 e. The zero-order valence-corrected chi connectivity index (χ0v) is 36.5. The van der Waals surface area contributed by atoms with Crippen LogP contribution in [0.5, 0.6) is 0 Å². The van der Waals surface area contributed by atoms with Crippen molar-refractivity contribution in [1.82, 2.24) is 19.2 Å². The van der Waals surface area contributed by atoms with Crippen LogP contribution < -0.4 is 9.80 Å². The molecule has 2 aromatic heterocycles. The van der Waals surface area contributed by atoms with Crippen LogP contribution in [0.2, 0.25) is 10.0 Å². The highest BCUT2D eigenvalue weighted by atomic mass is 35.5. The minimum atomic E-state index is -0.360. The minimum Gasteiger partial charge on any atom is -0.371 e. The number of carbonyl (C=O) groups is 2. The second kappa shape index (κ2) is 17.0. The quantitative estimate of drug-likeness (QED) is 0.0775. The van der Waals surface area contributed by atoms with Crippen molar-refractivity contribution in [1.29, 1.82) is 0 Å². The summed E-state index contributed by atoms with van der Waals surface area (Å²) in [6, 6.07) is 14.5. The molecular weight excluding hydrogens is 751 g/mol. The number of nitrogens with zero attached hydrogens (tertiary/aromatic N) is 6. The molecule has 3 aromatic carbocycles. The van der Waals surface area contributed by atoms with E-state index in [0.717, 1.165) is 125 Å². The fourth-order valence-corrected chi connectivity index (χ4v) is 10.3. The molecule has 1 fully saturated rings. The Morgan fingerprint density at radius 1 is 0.930 bits per heavy atom. The van der Waals surface area contributed by atoms with Crippen molar-refractivity contribution >= 4 is 58.1 Å². The van der Waals surface area contributed by atoms with Crippen LogP contribution in [0.4, 0.5) is 11.4 Å². The van der Waals surface area contributed by atoms with Gasteiger partial charge in [0.15, 0.2) is 6.29 Å². The van der Waals surface area contributed by atoms with Crippen molar-refractivity contribution in [3.8, 4) is 11.1 Å². The second-order valence-electron chi connectivity index (χ2n) is 16.8. The fourth-order valence-electron chi connectivity index (χ4n) is 9.95. The summed E-state index contributed by atoms with van der Waals surface area (Å²) in [4.78, 5) is 32.7. The van der Waals surface area contributed by atoms with Gasteiger partial charge in [-0.1, -0.05) is 47.8 Å². The molecule has 0 N–H and O–H groups in total. The Labute approximate surface area is 348 Å². The average Bonchev–Trinajstić information content (AvgIpc) is 3.95. The summed E-state index contributed by atoms with van der Waals surface area (Å²) in [5.41, 5.74) is 13.7. The maximum absolute atomic E-state index is 13.5. The van der Waals surface area contributed by atoms with Gasteiger partial charge in [0.2, 0.25) is 0 Å². The molecule has 0 amide bonds. The van der Waals surface area contributed by atoms with E-state index in [0.29, 0.717) is 17.3 Å². The van der Waals surface area contributed by atoms with Gasteiger partial charge in [-0.3, -0.25) is 9.48 Å². The molecule has 0 bridgehead atoms. The molecule has 0 saturated carbocycles. The van der Waals surface area contributed by atoms with Gasteiger partial charge in [-0.15, -0.1) is 0 Å². The molecule has 302 valence electrons. The zero-order chi connectivity index (χ0) is 40.7. The highest BCUT2D eigenvalue weighted by Crippen LogP contribution is 2.52. The molecule has 8 nitrogen and oxygen atoms in total. The summed E-state index contributed by atoms with van der Waals surface area (Å²) in [6.45, 7) is 17.5. The Bertz CT molecular complexity index is 2280. The van der Waals surface area contributed by atoms with Gasteiger partial charge in [-0.2, -0.15) is 5.10 Å². The van der Waals surface area contributed by atoms with Gasteiger partial charge in [0.05, 0.1) is 45.9 Å². The van der Waals surface area contributed by atoms with Crippen molar-refractivity contribution in [2.45, 2.75) is 105 Å². The van der Waals surface area contributed by atoms with Crippen LogP contribution in [-0.2, 0) is 24.8 Å². The Kier molecular flexibility index (Phi) is 12.3. The highest BCUT2D eigenvalue weighted by molar-refractivity contribution is 6.34. The normalized spacial score (nSPS) is 17.5. The summed E-state index contributed by atoms with van der Waals surface area (Å²) in [6.07, 6.45) is 8.45. The van der Waals surface area contributed by atoms with E-state index in [1.807, 2.05) is 23.7 Å². The summed E-state index contributed by atoms with van der Waals surface area (Å²) in [5, 5.41) is 7.65. The van der Waals surface area contributed by atoms with E-state index in [1.54, 1.807) is 0 Å². The first-order valence-corrected chi connectivity index (χ1v) is 21.4. The molecule has 0 radical (unpaired) electrons. The van der Waals surface area contributed by atoms with Gasteiger partial charge >= 0.3 is 0 Å². The predicted octanol–water partition coefficient (Wildman–Crippen LogP) is 10.2. The zero-order valence-electron chi connectivity index (χ0n) is 35.0. The van der Waals surface area contributed by atoms with Gasteiger partial charge in [0, 0.05) is 66.4 Å². The Morgan fingerprint density at radius 2 is 1.65 bits per heavy atom. The van der Waals surface area contributed by atoms with Crippen molar-refractivity contribution in [3.05, 3.63) is 97.4 Å². The average molecular weight is 810 g/mol. The smallest absolute Gasteiger partial charge is 0.166 e. The van der Waals surface area contributed by atoms with Crippen LogP contribution in [0.25, 0.3) is 22.0 Å². The minimum absolute atomic E-state index is 0.00878. The van der Waals surface area contributed by atoms with E-state index in [4.69, 9.17) is 28.3 Å². The molecular formula is C47H58Cl2N6O2. The first kappa shape index (κ1) is 41.1. The predicted molar refractivity (Wildman–Crippen MR) is 237 cm³/mol. The molecule has 1 saturated heterocycles. The van der Waals surface area contributed by atoms with E-state index in [-0.39, 0.29) is 18.0 Å². The molecule has 2 aliphatic rings. The van der Waals surface area contributed by atoms with Crippen molar-refractivity contribution in [2.24, 2.45) is 7.05 Å². The molecule has 3 atom stereocenters. The van der Waals surface area contributed by atoms with Crippen molar-refractivity contribution < 1.29 is 9.59 Å². The lowest BCUT2D eigenvalue weighted by molar-refractivity contribution is -0.109. The first-order valence-electron chi connectivity index (χ1n) is 20.7. The summed E-state index contributed by atoms with van der Waals surface area (Å²) in [7, 11) is 4.06. The number of hydrogen-bond acceptors (Lipinski definition) is 6. The standard InChI is InChI=1S/C47H58Cl2N6O2/c1-29-21-36-25-37(27-56)52(8)46(36)41(22-29)51(7)26-32(4)55-42(28-57)38(14-10-9-13-35-23-30(2)45(49)31(3)24-35)39-15-16-40(48)44(47(39)55)43-33(5)50-54(34(43)6)20-19-53-17-11-12-18-53/h15-16,21-25,27-28,32,38,42H,9-14,17-20,26H2,1-8H3/t32-,38?,42?/m1/s1. The molecule has 5 aromatic rings. The molecule has 57 heavy (non-hydrogen) atoms. The lowest BCUT2D eigenvalue weighted by atomic mass is 9.88. The number of hydrogen-bond donors (Lipinski definition) is 0. The van der Waals surface area contributed by atoms with Gasteiger partial charge < -0.3 is 24.1 Å². The lowest BCUT2D eigenvalue weighted by Gasteiger charge is -2.36. The number of unbranched alkanes of at least 4 members (excludes halogenated alkanes) is 1. The van der Waals surface area contributed by atoms with E-state index in [9.17, 15) is 9.59 Å². The number of aromatic nitrogens is 3. The number of aldehydes is 2. The summed E-state index contributed by atoms with van der Waals surface area (Å²) in [5.74, 6) is 0.00878. The number of carbonyl (C=O) groups excluding carboxylic acids is 2. The monoisotopic (exact) mass is 808 g/mol. The molecule has 7 rings (SSSR count). The van der Waals surface area contributed by atoms with E-state index in [1.165, 1.54) is 30.3 Å². The Balaban J connectivity index is 1.25. The number of rotatable bonds is 15. The molecule has 2 unspecified atom stereocenters. The molecule has 0 spiro atoms. The lowest BCUT2D eigenvalue weighted by Crippen LogP contribution is -2.47. The topological polar surface area (TPSA) is 66.6 Å². The highest BCUT2D eigenvalue weighted by Gasteiger charge is 2.43. The van der Waals surface area contributed by atoms with Crippen LogP contribution in [0.3, 0.4) is 0 Å². The summed E-state index contributed by atoms with van der Waals surface area (Å²) < 4.78 is 4.13. The number of likely N-dealkylation sites (tertiary alicyclic amines) is 1. The number of benzene rings is 3. The molecule has 2 aliphatic heterocycles. The van der Waals surface area contributed by atoms with Crippen LogP contribution in [0, 0.1) is 34.6 Å². The number of halogens is 2.